The van der Waals surface area contributed by atoms with Crippen LogP contribution >= 0.6 is 12.4 Å². The van der Waals surface area contributed by atoms with E-state index in [1.165, 1.54) is 4.57 Å². The number of nitrogens with zero attached hydrogens (tertiary/aromatic N) is 2. The van der Waals surface area contributed by atoms with E-state index in [1.807, 2.05) is 25.1 Å². The van der Waals surface area contributed by atoms with Gasteiger partial charge < -0.3 is 0 Å². The van der Waals surface area contributed by atoms with Gasteiger partial charge in [-0.2, -0.15) is 0 Å². The summed E-state index contributed by atoms with van der Waals surface area (Å²) in [5.41, 5.74) is 0.284. The maximum atomic E-state index is 12.0. The molecular formula is C12H15ClN2O2. The fourth-order valence-electron chi connectivity index (χ4n) is 1.96. The van der Waals surface area contributed by atoms with E-state index in [2.05, 4.69) is 0 Å². The molecule has 1 aromatic carbocycles. The molecule has 4 nitrogen and oxygen atoms in total. The van der Waals surface area contributed by atoms with Crippen molar-refractivity contribution in [2.45, 2.75) is 26.9 Å². The lowest BCUT2D eigenvalue weighted by atomic mass is 10.2. The molecule has 0 spiro atoms. The number of hydrogen-bond acceptors (Lipinski definition) is 2. The Morgan fingerprint density at radius 1 is 1.00 bits per heavy atom. The first kappa shape index (κ1) is 13.5. The molecule has 92 valence electrons. The lowest BCUT2D eigenvalue weighted by Crippen LogP contribution is -2.39. The molecule has 2 aromatic rings. The van der Waals surface area contributed by atoms with Gasteiger partial charge in [-0.05, 0) is 26.0 Å². The largest absolute Gasteiger partial charge is 0.331 e. The predicted octanol–water partition coefficient (Wildman–Crippen LogP) is 1.62. The predicted molar refractivity (Wildman–Crippen MR) is 71.1 cm³/mol. The second kappa shape index (κ2) is 5.19. The average molecular weight is 255 g/mol. The summed E-state index contributed by atoms with van der Waals surface area (Å²) in [6.45, 7) is 4.68. The second-order valence-corrected chi connectivity index (χ2v) is 3.59. The van der Waals surface area contributed by atoms with E-state index in [4.69, 9.17) is 0 Å². The van der Waals surface area contributed by atoms with Crippen LogP contribution in [0.3, 0.4) is 0 Å². The third-order valence-corrected chi connectivity index (χ3v) is 2.76. The molecule has 1 heterocycles. The molecule has 0 atom stereocenters. The zero-order chi connectivity index (χ0) is 11.7. The quantitative estimate of drug-likeness (QED) is 0.818. The maximum Gasteiger partial charge on any atom is 0.331 e. The molecule has 5 heteroatoms. The van der Waals surface area contributed by atoms with Gasteiger partial charge in [0, 0.05) is 13.1 Å². The summed E-state index contributed by atoms with van der Waals surface area (Å²) in [5, 5.41) is 0.603. The van der Waals surface area contributed by atoms with Crippen LogP contribution in [0.1, 0.15) is 13.8 Å². The van der Waals surface area contributed by atoms with E-state index in [-0.39, 0.29) is 23.7 Å². The molecule has 0 bridgehead atoms. The summed E-state index contributed by atoms with van der Waals surface area (Å²) in [6.07, 6.45) is 0. The summed E-state index contributed by atoms with van der Waals surface area (Å²) in [4.78, 5) is 24.0. The van der Waals surface area contributed by atoms with Crippen molar-refractivity contribution >= 4 is 23.3 Å². The third kappa shape index (κ3) is 2.00. The smallest absolute Gasteiger partial charge is 0.293 e. The van der Waals surface area contributed by atoms with E-state index in [0.29, 0.717) is 24.0 Å². The van der Waals surface area contributed by atoms with Crippen LogP contribution in [-0.4, -0.2) is 9.13 Å². The van der Waals surface area contributed by atoms with Crippen molar-refractivity contribution in [3.63, 3.8) is 0 Å². The van der Waals surface area contributed by atoms with Crippen LogP contribution in [0.2, 0.25) is 0 Å². The van der Waals surface area contributed by atoms with E-state index in [0.717, 1.165) is 0 Å². The van der Waals surface area contributed by atoms with E-state index in [9.17, 15) is 9.59 Å². The molecule has 0 saturated carbocycles. The molecule has 0 saturated heterocycles. The standard InChI is InChI=1S/C12H14N2O2.ClH/c1-3-13-10-8-6-5-7-9(10)11(15)14(4-2)12(13)16;/h5-8H,3-4H2,1-2H3;1H. The van der Waals surface area contributed by atoms with Gasteiger partial charge in [0.2, 0.25) is 0 Å². The Kier molecular flexibility index (Phi) is 4.12. The first-order valence-electron chi connectivity index (χ1n) is 5.43. The van der Waals surface area contributed by atoms with Gasteiger partial charge in [-0.1, -0.05) is 12.1 Å². The topological polar surface area (TPSA) is 44.0 Å². The van der Waals surface area contributed by atoms with E-state index >= 15 is 0 Å². The highest BCUT2D eigenvalue weighted by Crippen LogP contribution is 2.06. The number of para-hydroxylation sites is 1. The normalized spacial score (nSPS) is 10.2. The lowest BCUT2D eigenvalue weighted by molar-refractivity contribution is 0.609. The minimum Gasteiger partial charge on any atom is -0.293 e. The summed E-state index contributed by atoms with van der Waals surface area (Å²) >= 11 is 0. The minimum absolute atomic E-state index is 0. The fourth-order valence-corrected chi connectivity index (χ4v) is 1.96. The molecule has 0 unspecified atom stereocenters. The van der Waals surface area contributed by atoms with Gasteiger partial charge in [-0.25, -0.2) is 4.79 Å². The van der Waals surface area contributed by atoms with Gasteiger partial charge in [0.25, 0.3) is 5.56 Å². The molecule has 0 aliphatic rings. The summed E-state index contributed by atoms with van der Waals surface area (Å²) < 4.78 is 2.89. The molecule has 17 heavy (non-hydrogen) atoms. The molecule has 0 amide bonds. The Hall–Kier alpha value is -1.55. The van der Waals surface area contributed by atoms with Crippen molar-refractivity contribution < 1.29 is 0 Å². The van der Waals surface area contributed by atoms with Crippen molar-refractivity contribution in [3.05, 3.63) is 45.1 Å². The summed E-state index contributed by atoms with van der Waals surface area (Å²) in [7, 11) is 0. The van der Waals surface area contributed by atoms with Crippen LogP contribution in [0.4, 0.5) is 0 Å². The van der Waals surface area contributed by atoms with Crippen molar-refractivity contribution in [1.82, 2.24) is 9.13 Å². The molecular weight excluding hydrogens is 240 g/mol. The molecule has 0 aliphatic heterocycles. The lowest BCUT2D eigenvalue weighted by Gasteiger charge is -2.10. The number of hydrogen-bond donors (Lipinski definition) is 0. The summed E-state index contributed by atoms with van der Waals surface area (Å²) in [5.74, 6) is 0. The summed E-state index contributed by atoms with van der Waals surface area (Å²) in [6, 6.07) is 7.22. The number of benzene rings is 1. The van der Waals surface area contributed by atoms with Gasteiger partial charge in [0.05, 0.1) is 10.9 Å². The highest BCUT2D eigenvalue weighted by atomic mass is 35.5. The minimum atomic E-state index is -0.228. The number of rotatable bonds is 2. The molecule has 0 N–H and O–H groups in total. The van der Waals surface area contributed by atoms with Crippen LogP contribution in [-0.2, 0) is 13.1 Å². The number of fused-ring (bicyclic) bond motifs is 1. The molecule has 0 radical (unpaired) electrons. The number of aryl methyl sites for hydroxylation is 1. The molecule has 0 fully saturated rings. The third-order valence-electron chi connectivity index (χ3n) is 2.76. The van der Waals surface area contributed by atoms with Gasteiger partial charge in [-0.15, -0.1) is 12.4 Å². The number of halogens is 1. The van der Waals surface area contributed by atoms with Gasteiger partial charge in [0.15, 0.2) is 0 Å². The Morgan fingerprint density at radius 2 is 1.59 bits per heavy atom. The fraction of sp³-hybridized carbons (Fsp3) is 0.333. The van der Waals surface area contributed by atoms with Gasteiger partial charge in [-0.3, -0.25) is 13.9 Å². The Labute approximate surface area is 105 Å². The molecule has 2 rings (SSSR count). The molecule has 1 aromatic heterocycles. The van der Waals surface area contributed by atoms with Crippen molar-refractivity contribution in [2.24, 2.45) is 0 Å². The average Bonchev–Trinajstić information content (AvgIpc) is 2.30. The number of aromatic nitrogens is 2. The van der Waals surface area contributed by atoms with Crippen LogP contribution < -0.4 is 11.2 Å². The van der Waals surface area contributed by atoms with Crippen LogP contribution in [0.5, 0.6) is 0 Å². The van der Waals surface area contributed by atoms with Crippen LogP contribution in [0.25, 0.3) is 10.9 Å². The first-order valence-corrected chi connectivity index (χ1v) is 5.43. The highest BCUT2D eigenvalue weighted by Gasteiger charge is 2.09. The van der Waals surface area contributed by atoms with Crippen molar-refractivity contribution in [2.75, 3.05) is 0 Å². The maximum absolute atomic E-state index is 12.0. The second-order valence-electron chi connectivity index (χ2n) is 3.59. The van der Waals surface area contributed by atoms with Crippen LogP contribution in [0, 0.1) is 0 Å². The van der Waals surface area contributed by atoms with Crippen LogP contribution in [0.15, 0.2) is 33.9 Å². The van der Waals surface area contributed by atoms with Crippen molar-refractivity contribution in [3.8, 4) is 0 Å². The SMILES string of the molecule is CCn1c(=O)c2ccccc2n(CC)c1=O.Cl. The zero-order valence-corrected chi connectivity index (χ0v) is 10.7. The zero-order valence-electron chi connectivity index (χ0n) is 9.84. The van der Waals surface area contributed by atoms with Gasteiger partial charge >= 0.3 is 5.69 Å². The van der Waals surface area contributed by atoms with E-state index < -0.39 is 0 Å². The Balaban J connectivity index is 0.00000144. The van der Waals surface area contributed by atoms with Gasteiger partial charge in [0.1, 0.15) is 0 Å². The molecule has 0 aliphatic carbocycles. The van der Waals surface area contributed by atoms with Crippen molar-refractivity contribution in [1.29, 1.82) is 0 Å². The highest BCUT2D eigenvalue weighted by molar-refractivity contribution is 5.85. The Morgan fingerprint density at radius 3 is 2.18 bits per heavy atom. The Bertz CT molecular complexity index is 643. The monoisotopic (exact) mass is 254 g/mol. The van der Waals surface area contributed by atoms with E-state index in [1.54, 1.807) is 17.6 Å². The first-order chi connectivity index (χ1) is 7.70.